The van der Waals surface area contributed by atoms with Gasteiger partial charge >= 0.3 is 5.43 Å². The zero-order valence-electron chi connectivity index (χ0n) is 8.53. The molecule has 0 unspecified atom stereocenters. The fourth-order valence-corrected chi connectivity index (χ4v) is 1.05. The molecule has 0 aliphatic heterocycles. The predicted octanol–water partition coefficient (Wildman–Crippen LogP) is 3.23. The number of halogens is 1. The van der Waals surface area contributed by atoms with Crippen molar-refractivity contribution in [3.05, 3.63) is 33.7 Å². The average Bonchev–Trinajstić information content (AvgIpc) is 2.20. The Hall–Kier alpha value is -1.36. The van der Waals surface area contributed by atoms with Crippen LogP contribution in [-0.4, -0.2) is 10.4 Å². The molecule has 0 heterocycles. The minimum absolute atomic E-state index is 0.106. The van der Waals surface area contributed by atoms with Crippen molar-refractivity contribution in [3.63, 3.8) is 0 Å². The molecule has 0 spiro atoms. The quantitative estimate of drug-likeness (QED) is 0.417. The van der Waals surface area contributed by atoms with Gasteiger partial charge in [-0.3, -0.25) is 10.1 Å². The van der Waals surface area contributed by atoms with Crippen molar-refractivity contribution in [2.24, 2.45) is 0 Å². The van der Waals surface area contributed by atoms with E-state index in [0.717, 1.165) is 0 Å². The van der Waals surface area contributed by atoms with Crippen LogP contribution in [-0.2, 0) is 4.74 Å². The molecule has 0 amide bonds. The third kappa shape index (κ3) is 5.17. The normalized spacial score (nSPS) is 14.1. The molecule has 0 N–H and O–H groups in total. The number of hydrogen-bond donors (Lipinski definition) is 0. The maximum Gasteiger partial charge on any atom is 0.408 e. The van der Waals surface area contributed by atoms with E-state index in [2.05, 4.69) is 4.74 Å². The number of carbonyl (C=O) groups is 1. The van der Waals surface area contributed by atoms with E-state index in [-0.39, 0.29) is 12.1 Å². The maximum atomic E-state index is 10.3. The first kappa shape index (κ1) is 13.6. The number of carbonyl (C=O) groups excluding carboxylic acids is 1. The highest BCUT2D eigenvalue weighted by Crippen LogP contribution is 2.19. The topological polar surface area (TPSA) is 69.4 Å². The largest absolute Gasteiger partial charge is 0.419 e. The molecule has 6 heteroatoms. The summed E-state index contributed by atoms with van der Waals surface area (Å²) in [5, 5.41) is 10.3. The third-order valence-corrected chi connectivity index (χ3v) is 1.61. The van der Waals surface area contributed by atoms with Gasteiger partial charge in [-0.15, -0.1) is 0 Å². The lowest BCUT2D eigenvalue weighted by Crippen LogP contribution is -2.05. The van der Waals surface area contributed by atoms with Gasteiger partial charge in [-0.05, 0) is 6.08 Å². The Morgan fingerprint density at radius 3 is 2.40 bits per heavy atom. The molecule has 1 aliphatic carbocycles. The van der Waals surface area contributed by atoms with Crippen molar-refractivity contribution < 1.29 is 14.5 Å². The minimum Gasteiger partial charge on any atom is -0.419 e. The monoisotopic (exact) mass is 233 g/mol. The molecule has 0 aromatic rings. The summed E-state index contributed by atoms with van der Waals surface area (Å²) in [5.74, 6) is 0.352. The summed E-state index contributed by atoms with van der Waals surface area (Å²) >= 11 is 4.95. The lowest BCUT2D eigenvalue weighted by Gasteiger charge is -2.07. The summed E-state index contributed by atoms with van der Waals surface area (Å²) in [7, 11) is 0. The van der Waals surface area contributed by atoms with Crippen LogP contribution < -0.4 is 0 Å². The summed E-state index contributed by atoms with van der Waals surface area (Å²) in [6.45, 7) is 4.00. The molecule has 0 radical (unpaired) electrons. The van der Waals surface area contributed by atoms with Crippen LogP contribution in [0, 0.1) is 10.1 Å². The van der Waals surface area contributed by atoms with Crippen LogP contribution in [0.4, 0.5) is 4.79 Å². The van der Waals surface area contributed by atoms with Gasteiger partial charge in [0.2, 0.25) is 5.70 Å². The molecular weight excluding hydrogens is 222 g/mol. The number of nitrogens with zero attached hydrogens (tertiary/aromatic N) is 1. The van der Waals surface area contributed by atoms with Crippen LogP contribution in [0.1, 0.15) is 26.7 Å². The fraction of sp³-hybridized carbons (Fsp3) is 0.444. The standard InChI is InChI=1S/C7H6ClNO4.C2H6/c8-7(10)13-6-3-1-5(2-4-6)9(11)12;1-2/h1,3H,2,4H2;1-2H3. The van der Waals surface area contributed by atoms with Crippen LogP contribution in [0.3, 0.4) is 0 Å². The highest BCUT2D eigenvalue weighted by Gasteiger charge is 2.16. The summed E-state index contributed by atoms with van der Waals surface area (Å²) in [6.07, 6.45) is 3.26. The molecule has 0 saturated heterocycles. The van der Waals surface area contributed by atoms with E-state index in [0.29, 0.717) is 12.2 Å². The van der Waals surface area contributed by atoms with E-state index < -0.39 is 10.4 Å². The number of nitro groups is 1. The molecule has 0 atom stereocenters. The molecule has 0 bridgehead atoms. The van der Waals surface area contributed by atoms with Gasteiger partial charge in [-0.25, -0.2) is 4.79 Å². The Balaban J connectivity index is 0.000000921. The molecule has 5 nitrogen and oxygen atoms in total. The number of ether oxygens (including phenoxy) is 1. The first-order valence-electron chi connectivity index (χ1n) is 4.51. The van der Waals surface area contributed by atoms with Gasteiger partial charge in [0.25, 0.3) is 0 Å². The molecule has 0 saturated carbocycles. The first-order chi connectivity index (χ1) is 7.09. The van der Waals surface area contributed by atoms with Gasteiger partial charge in [0.1, 0.15) is 5.76 Å². The summed E-state index contributed by atoms with van der Waals surface area (Å²) in [6, 6.07) is 0. The SMILES string of the molecule is CC.O=C(Cl)OC1=CC=C([N+](=O)[O-])CC1. The summed E-state index contributed by atoms with van der Waals surface area (Å²) < 4.78 is 4.54. The fourth-order valence-electron chi connectivity index (χ4n) is 0.947. The molecule has 1 rings (SSSR count). The van der Waals surface area contributed by atoms with Crippen LogP contribution in [0.25, 0.3) is 0 Å². The van der Waals surface area contributed by atoms with Crippen LogP contribution in [0.5, 0.6) is 0 Å². The molecule has 0 aromatic carbocycles. The van der Waals surface area contributed by atoms with Crippen molar-refractivity contribution in [2.75, 3.05) is 0 Å². The van der Waals surface area contributed by atoms with Crippen LogP contribution >= 0.6 is 11.6 Å². The number of rotatable bonds is 2. The van der Waals surface area contributed by atoms with Gasteiger partial charge in [-0.2, -0.15) is 0 Å². The highest BCUT2D eigenvalue weighted by atomic mass is 35.5. The molecule has 84 valence electrons. The van der Waals surface area contributed by atoms with Gasteiger partial charge in [0.15, 0.2) is 0 Å². The van der Waals surface area contributed by atoms with E-state index in [4.69, 9.17) is 11.6 Å². The Morgan fingerprint density at radius 2 is 2.07 bits per heavy atom. The molecule has 1 aliphatic rings. The molecular formula is C9H12ClNO4. The summed E-state index contributed by atoms with van der Waals surface area (Å²) in [5.41, 5.74) is -0.821. The van der Waals surface area contributed by atoms with Crippen molar-refractivity contribution in [1.82, 2.24) is 0 Å². The van der Waals surface area contributed by atoms with E-state index in [9.17, 15) is 14.9 Å². The smallest absolute Gasteiger partial charge is 0.408 e. The van der Waals surface area contributed by atoms with Crippen LogP contribution in [0.15, 0.2) is 23.6 Å². The third-order valence-electron chi connectivity index (χ3n) is 1.53. The number of hydrogen-bond acceptors (Lipinski definition) is 4. The van der Waals surface area contributed by atoms with Crippen LogP contribution in [0.2, 0.25) is 0 Å². The zero-order chi connectivity index (χ0) is 11.8. The highest BCUT2D eigenvalue weighted by molar-refractivity contribution is 6.61. The maximum absolute atomic E-state index is 10.3. The molecule has 0 aromatic heterocycles. The lowest BCUT2D eigenvalue weighted by atomic mass is 10.1. The van der Waals surface area contributed by atoms with Crippen molar-refractivity contribution in [2.45, 2.75) is 26.7 Å². The molecule has 0 fully saturated rings. The Morgan fingerprint density at radius 1 is 1.47 bits per heavy atom. The van der Waals surface area contributed by atoms with Gasteiger partial charge in [0.05, 0.1) is 4.92 Å². The van der Waals surface area contributed by atoms with Gasteiger partial charge < -0.3 is 4.74 Å². The van der Waals surface area contributed by atoms with Gasteiger partial charge in [0, 0.05) is 30.5 Å². The van der Waals surface area contributed by atoms with E-state index in [1.165, 1.54) is 12.2 Å². The van der Waals surface area contributed by atoms with E-state index >= 15 is 0 Å². The minimum atomic E-state index is -0.927. The van der Waals surface area contributed by atoms with E-state index in [1.54, 1.807) is 0 Å². The second kappa shape index (κ2) is 7.00. The Labute approximate surface area is 92.5 Å². The lowest BCUT2D eigenvalue weighted by molar-refractivity contribution is -0.428. The first-order valence-corrected chi connectivity index (χ1v) is 4.89. The zero-order valence-corrected chi connectivity index (χ0v) is 9.28. The Bertz CT molecular complexity index is 309. The van der Waals surface area contributed by atoms with Crippen molar-refractivity contribution >= 4 is 17.0 Å². The van der Waals surface area contributed by atoms with Gasteiger partial charge in [-0.1, -0.05) is 13.8 Å². The number of allylic oxidation sites excluding steroid dienone is 4. The van der Waals surface area contributed by atoms with E-state index in [1.807, 2.05) is 13.8 Å². The van der Waals surface area contributed by atoms with Crippen molar-refractivity contribution in [1.29, 1.82) is 0 Å². The molecule has 15 heavy (non-hydrogen) atoms. The average molecular weight is 234 g/mol. The second-order valence-corrected chi connectivity index (χ2v) is 2.70. The Kier molecular flexibility index (Phi) is 6.37. The predicted molar refractivity (Wildman–Crippen MR) is 56.1 cm³/mol. The summed E-state index contributed by atoms with van der Waals surface area (Å²) in [4.78, 5) is 20.1. The van der Waals surface area contributed by atoms with Crippen molar-refractivity contribution in [3.8, 4) is 0 Å². The second-order valence-electron chi connectivity index (χ2n) is 2.39.